The normalized spacial score (nSPS) is 28.4. The Labute approximate surface area is 96.4 Å². The first-order valence-corrected chi connectivity index (χ1v) is 6.09. The molecule has 3 N–H and O–H groups in total. The maximum absolute atomic E-state index is 9.24. The van der Waals surface area contributed by atoms with Gasteiger partial charge in [-0.1, -0.05) is 6.08 Å². The highest BCUT2D eigenvalue weighted by Gasteiger charge is 2.43. The van der Waals surface area contributed by atoms with Gasteiger partial charge >= 0.3 is 0 Å². The van der Waals surface area contributed by atoms with Gasteiger partial charge in [0.15, 0.2) is 5.79 Å². The van der Waals surface area contributed by atoms with Crippen LogP contribution in [0.2, 0.25) is 0 Å². The highest BCUT2D eigenvalue weighted by molar-refractivity contribution is 5.19. The summed E-state index contributed by atoms with van der Waals surface area (Å²) >= 11 is 0. The molecule has 0 radical (unpaired) electrons. The minimum atomic E-state index is -0.541. The molecule has 1 unspecified atom stereocenters. The lowest BCUT2D eigenvalue weighted by atomic mass is 9.83. The lowest BCUT2D eigenvalue weighted by molar-refractivity contribution is -0.148. The number of ether oxygens (including phenoxy) is 2. The molecule has 1 spiro atoms. The van der Waals surface area contributed by atoms with Gasteiger partial charge in [0.2, 0.25) is 0 Å². The SMILES string of the molecule is NCCCC1=CCC(CO)CC12OCCO2. The van der Waals surface area contributed by atoms with E-state index >= 15 is 0 Å². The summed E-state index contributed by atoms with van der Waals surface area (Å²) in [5, 5.41) is 9.24. The fraction of sp³-hybridized carbons (Fsp3) is 0.833. The van der Waals surface area contributed by atoms with Gasteiger partial charge in [0.25, 0.3) is 0 Å². The van der Waals surface area contributed by atoms with Crippen LogP contribution in [0, 0.1) is 5.92 Å². The van der Waals surface area contributed by atoms with Crippen molar-refractivity contribution in [2.75, 3.05) is 26.4 Å². The number of aliphatic hydroxyl groups is 1. The third kappa shape index (κ3) is 2.30. The van der Waals surface area contributed by atoms with Crippen molar-refractivity contribution in [2.45, 2.75) is 31.5 Å². The zero-order valence-corrected chi connectivity index (χ0v) is 9.65. The monoisotopic (exact) mass is 227 g/mol. The van der Waals surface area contributed by atoms with E-state index in [4.69, 9.17) is 15.2 Å². The molecule has 0 saturated carbocycles. The fourth-order valence-corrected chi connectivity index (χ4v) is 2.54. The second-order valence-corrected chi connectivity index (χ2v) is 4.56. The minimum Gasteiger partial charge on any atom is -0.396 e. The summed E-state index contributed by atoms with van der Waals surface area (Å²) in [6.07, 6.45) is 5.77. The van der Waals surface area contributed by atoms with Gasteiger partial charge in [-0.05, 0) is 37.3 Å². The Hall–Kier alpha value is -0.420. The molecule has 1 fully saturated rings. The van der Waals surface area contributed by atoms with Crippen molar-refractivity contribution in [3.63, 3.8) is 0 Å². The number of rotatable bonds is 4. The molecule has 4 nitrogen and oxygen atoms in total. The van der Waals surface area contributed by atoms with Crippen LogP contribution < -0.4 is 5.73 Å². The fourth-order valence-electron chi connectivity index (χ4n) is 2.54. The molecule has 1 aliphatic carbocycles. The third-order valence-corrected chi connectivity index (χ3v) is 3.41. The van der Waals surface area contributed by atoms with Gasteiger partial charge < -0.3 is 20.3 Å². The van der Waals surface area contributed by atoms with E-state index in [1.807, 2.05) is 0 Å². The number of hydrogen-bond donors (Lipinski definition) is 2. The van der Waals surface area contributed by atoms with Crippen molar-refractivity contribution in [2.24, 2.45) is 11.7 Å². The molecule has 1 atom stereocenters. The van der Waals surface area contributed by atoms with E-state index < -0.39 is 5.79 Å². The van der Waals surface area contributed by atoms with Gasteiger partial charge in [-0.2, -0.15) is 0 Å². The van der Waals surface area contributed by atoms with Crippen molar-refractivity contribution < 1.29 is 14.6 Å². The first kappa shape index (κ1) is 12.0. The van der Waals surface area contributed by atoms with E-state index in [1.54, 1.807) is 0 Å². The van der Waals surface area contributed by atoms with Crippen LogP contribution in [0.1, 0.15) is 25.7 Å². The van der Waals surface area contributed by atoms with E-state index in [9.17, 15) is 5.11 Å². The Balaban J connectivity index is 2.09. The van der Waals surface area contributed by atoms with Gasteiger partial charge in [0, 0.05) is 13.0 Å². The molecule has 0 aromatic rings. The van der Waals surface area contributed by atoms with Gasteiger partial charge in [0.1, 0.15) is 0 Å². The smallest absolute Gasteiger partial charge is 0.191 e. The summed E-state index contributed by atoms with van der Waals surface area (Å²) in [6, 6.07) is 0. The largest absolute Gasteiger partial charge is 0.396 e. The van der Waals surface area contributed by atoms with Crippen molar-refractivity contribution in [1.82, 2.24) is 0 Å². The number of allylic oxidation sites excluding steroid dienone is 1. The quantitative estimate of drug-likeness (QED) is 0.697. The zero-order chi connectivity index (χ0) is 11.4. The maximum atomic E-state index is 9.24. The first-order chi connectivity index (χ1) is 7.80. The van der Waals surface area contributed by atoms with E-state index in [2.05, 4.69) is 6.08 Å². The number of hydrogen-bond acceptors (Lipinski definition) is 4. The van der Waals surface area contributed by atoms with E-state index in [-0.39, 0.29) is 12.5 Å². The average molecular weight is 227 g/mol. The summed E-state index contributed by atoms with van der Waals surface area (Å²) in [5.74, 6) is -0.277. The second kappa shape index (κ2) is 5.27. The molecule has 1 saturated heterocycles. The van der Waals surface area contributed by atoms with Crippen LogP contribution >= 0.6 is 0 Å². The average Bonchev–Trinajstić information content (AvgIpc) is 2.76. The van der Waals surface area contributed by atoms with Crippen LogP contribution in [0.15, 0.2) is 11.6 Å². The standard InChI is InChI=1S/C12H21NO3/c13-5-1-2-11-4-3-10(9-14)8-12(11)15-6-7-16-12/h4,10,14H,1-3,5-9,13H2. The molecule has 2 rings (SSSR count). The molecular weight excluding hydrogens is 206 g/mol. The lowest BCUT2D eigenvalue weighted by Gasteiger charge is -2.36. The van der Waals surface area contributed by atoms with Crippen LogP contribution in [0.4, 0.5) is 0 Å². The summed E-state index contributed by atoms with van der Waals surface area (Å²) in [5.41, 5.74) is 6.76. The minimum absolute atomic E-state index is 0.204. The van der Waals surface area contributed by atoms with Crippen molar-refractivity contribution >= 4 is 0 Å². The van der Waals surface area contributed by atoms with Crippen LogP contribution in [0.25, 0.3) is 0 Å². The highest BCUT2D eigenvalue weighted by atomic mass is 16.7. The van der Waals surface area contributed by atoms with Crippen LogP contribution in [-0.4, -0.2) is 37.3 Å². The molecule has 1 heterocycles. The lowest BCUT2D eigenvalue weighted by Crippen LogP contribution is -2.39. The second-order valence-electron chi connectivity index (χ2n) is 4.56. The first-order valence-electron chi connectivity index (χ1n) is 6.09. The molecule has 0 amide bonds. The third-order valence-electron chi connectivity index (χ3n) is 3.41. The molecule has 16 heavy (non-hydrogen) atoms. The maximum Gasteiger partial charge on any atom is 0.191 e. The number of nitrogens with two attached hydrogens (primary N) is 1. The summed E-state index contributed by atoms with van der Waals surface area (Å²) in [7, 11) is 0. The molecule has 0 aromatic carbocycles. The van der Waals surface area contributed by atoms with Crippen molar-refractivity contribution in [3.8, 4) is 0 Å². The molecular formula is C12H21NO3. The number of aliphatic hydroxyl groups excluding tert-OH is 1. The predicted molar refractivity (Wildman–Crippen MR) is 60.8 cm³/mol. The van der Waals surface area contributed by atoms with E-state index in [0.717, 1.165) is 25.7 Å². The van der Waals surface area contributed by atoms with E-state index in [1.165, 1.54) is 5.57 Å². The Morgan fingerprint density at radius 1 is 1.44 bits per heavy atom. The predicted octanol–water partition coefficient (Wildman–Crippen LogP) is 0.797. The zero-order valence-electron chi connectivity index (χ0n) is 9.65. The molecule has 0 bridgehead atoms. The molecule has 92 valence electrons. The van der Waals surface area contributed by atoms with Crippen LogP contribution in [-0.2, 0) is 9.47 Å². The Morgan fingerprint density at radius 3 is 2.81 bits per heavy atom. The van der Waals surface area contributed by atoms with Gasteiger partial charge in [0.05, 0.1) is 13.2 Å². The van der Waals surface area contributed by atoms with Crippen LogP contribution in [0.5, 0.6) is 0 Å². The van der Waals surface area contributed by atoms with Gasteiger partial charge in [-0.25, -0.2) is 0 Å². The highest BCUT2D eigenvalue weighted by Crippen LogP contribution is 2.41. The van der Waals surface area contributed by atoms with Crippen molar-refractivity contribution in [1.29, 1.82) is 0 Å². The van der Waals surface area contributed by atoms with Crippen LogP contribution in [0.3, 0.4) is 0 Å². The Bertz CT molecular complexity index is 259. The summed E-state index contributed by atoms with van der Waals surface area (Å²) in [4.78, 5) is 0. The summed E-state index contributed by atoms with van der Waals surface area (Å²) < 4.78 is 11.6. The van der Waals surface area contributed by atoms with Gasteiger partial charge in [-0.15, -0.1) is 0 Å². The topological polar surface area (TPSA) is 64.7 Å². The summed E-state index contributed by atoms with van der Waals surface area (Å²) in [6.45, 7) is 2.20. The molecule has 1 aliphatic heterocycles. The van der Waals surface area contributed by atoms with Gasteiger partial charge in [-0.3, -0.25) is 0 Å². The van der Waals surface area contributed by atoms with E-state index in [0.29, 0.717) is 19.8 Å². The molecule has 4 heteroatoms. The Morgan fingerprint density at radius 2 is 2.19 bits per heavy atom. The molecule has 0 aromatic heterocycles. The molecule has 2 aliphatic rings. The Kier molecular flexibility index (Phi) is 3.97. The van der Waals surface area contributed by atoms with Crippen molar-refractivity contribution in [3.05, 3.63) is 11.6 Å².